The van der Waals surface area contributed by atoms with E-state index in [1.165, 1.54) is 54.6 Å². The molecule has 0 fully saturated rings. The molecule has 0 aliphatic carbocycles. The molecule has 320 valence electrons. The van der Waals surface area contributed by atoms with Crippen LogP contribution in [0.1, 0.15) is 0 Å². The van der Waals surface area contributed by atoms with Gasteiger partial charge >= 0.3 is 0 Å². The molecule has 15 aromatic rings. The Balaban J connectivity index is 0.993. The third-order valence-corrected chi connectivity index (χ3v) is 14.7. The summed E-state index contributed by atoms with van der Waals surface area (Å²) in [6.45, 7) is 0. The number of hydrogen-bond donors (Lipinski definition) is 0. The first-order chi connectivity index (χ1) is 34.2. The molecule has 0 unspecified atom stereocenters. The Labute approximate surface area is 395 Å². The van der Waals surface area contributed by atoms with Crippen molar-refractivity contribution in [1.29, 1.82) is 0 Å². The summed E-state index contributed by atoms with van der Waals surface area (Å²) in [7, 11) is 0. The van der Waals surface area contributed by atoms with Gasteiger partial charge in [-0.2, -0.15) is 0 Å². The van der Waals surface area contributed by atoms with Crippen molar-refractivity contribution in [3.8, 4) is 44.8 Å². The van der Waals surface area contributed by atoms with Crippen molar-refractivity contribution in [2.75, 3.05) is 0 Å². The summed E-state index contributed by atoms with van der Waals surface area (Å²) >= 11 is 0. The van der Waals surface area contributed by atoms with Crippen LogP contribution in [-0.2, 0) is 0 Å². The van der Waals surface area contributed by atoms with E-state index in [0.29, 0.717) is 5.39 Å². The van der Waals surface area contributed by atoms with Crippen molar-refractivity contribution in [3.05, 3.63) is 247 Å². The largest absolute Gasteiger partial charge is 0.309 e. The van der Waals surface area contributed by atoms with E-state index in [9.17, 15) is 4.79 Å². The lowest BCUT2D eigenvalue weighted by atomic mass is 9.93. The van der Waals surface area contributed by atoms with Crippen LogP contribution in [0.3, 0.4) is 0 Å². The Morgan fingerprint density at radius 2 is 0.855 bits per heavy atom. The molecule has 4 nitrogen and oxygen atoms in total. The third-order valence-electron chi connectivity index (χ3n) is 14.7. The van der Waals surface area contributed by atoms with Crippen LogP contribution in [0.15, 0.2) is 241 Å². The van der Waals surface area contributed by atoms with Crippen LogP contribution in [0.4, 0.5) is 0 Å². The molecule has 0 aliphatic rings. The smallest absolute Gasteiger partial charge is 0.263 e. The Morgan fingerprint density at radius 1 is 0.275 bits per heavy atom. The molecular formula is C65H39N3O. The van der Waals surface area contributed by atoms with Gasteiger partial charge in [-0.15, -0.1) is 0 Å². The molecule has 11 aromatic carbocycles. The first-order valence-electron chi connectivity index (χ1n) is 23.6. The normalized spacial score (nSPS) is 12.1. The Morgan fingerprint density at radius 3 is 1.62 bits per heavy atom. The fourth-order valence-corrected chi connectivity index (χ4v) is 11.7. The summed E-state index contributed by atoms with van der Waals surface area (Å²) in [5.74, 6) is 0. The van der Waals surface area contributed by atoms with E-state index >= 15 is 0 Å². The molecule has 0 atom stereocenters. The van der Waals surface area contributed by atoms with E-state index in [1.807, 2.05) is 22.6 Å². The van der Waals surface area contributed by atoms with Crippen molar-refractivity contribution in [2.45, 2.75) is 0 Å². The fraction of sp³-hybridized carbons (Fsp3) is 0. The lowest BCUT2D eigenvalue weighted by molar-refractivity contribution is 1.18. The molecule has 4 heteroatoms. The number of aromatic nitrogens is 3. The SMILES string of the molecule is O=c1c2ccc(-c3ccccc3)cc2c2cc(-c3cccc4cc(-n5c6ccc(-c7ccccc7)cc6c6ccc7c(c8ccccc8n7-c7ccccc7)c65)ccc34)cc3c4ccccc4n1c23. The highest BCUT2D eigenvalue weighted by Crippen LogP contribution is 2.45. The van der Waals surface area contributed by atoms with Gasteiger partial charge in [-0.1, -0.05) is 158 Å². The molecule has 0 spiro atoms. The molecule has 0 N–H and O–H groups in total. The minimum atomic E-state index is 0.0111. The molecule has 4 aromatic heterocycles. The van der Waals surface area contributed by atoms with Gasteiger partial charge in [0.2, 0.25) is 0 Å². The number of benzene rings is 11. The molecule has 0 radical (unpaired) electrons. The van der Waals surface area contributed by atoms with E-state index in [4.69, 9.17) is 0 Å². The van der Waals surface area contributed by atoms with Crippen LogP contribution in [0.2, 0.25) is 0 Å². The number of rotatable bonds is 5. The molecule has 0 amide bonds. The van der Waals surface area contributed by atoms with Gasteiger partial charge in [0.1, 0.15) is 0 Å². The molecule has 0 saturated carbocycles. The molecule has 4 heterocycles. The summed E-state index contributed by atoms with van der Waals surface area (Å²) in [4.78, 5) is 14.5. The van der Waals surface area contributed by atoms with Gasteiger partial charge in [-0.3, -0.25) is 9.20 Å². The van der Waals surface area contributed by atoms with Crippen molar-refractivity contribution < 1.29 is 0 Å². The van der Waals surface area contributed by atoms with Gasteiger partial charge in [-0.05, 0) is 128 Å². The van der Waals surface area contributed by atoms with Crippen LogP contribution in [-0.4, -0.2) is 13.5 Å². The minimum absolute atomic E-state index is 0.0111. The quantitative estimate of drug-likeness (QED) is 0.159. The maximum atomic E-state index is 14.5. The summed E-state index contributed by atoms with van der Waals surface area (Å²) in [5, 5.41) is 12.1. The summed E-state index contributed by atoms with van der Waals surface area (Å²) in [6, 6.07) is 85.2. The second-order valence-corrected chi connectivity index (χ2v) is 18.4. The molecular weight excluding hydrogens is 839 g/mol. The topological polar surface area (TPSA) is 31.3 Å². The van der Waals surface area contributed by atoms with Crippen LogP contribution in [0.25, 0.3) is 137 Å². The maximum Gasteiger partial charge on any atom is 0.263 e. The zero-order chi connectivity index (χ0) is 45.3. The average molecular weight is 878 g/mol. The van der Waals surface area contributed by atoms with Crippen molar-refractivity contribution in [1.82, 2.24) is 13.5 Å². The van der Waals surface area contributed by atoms with Crippen LogP contribution in [0, 0.1) is 0 Å². The van der Waals surface area contributed by atoms with Gasteiger partial charge in [0.15, 0.2) is 0 Å². The number of hydrogen-bond acceptors (Lipinski definition) is 1. The highest BCUT2D eigenvalue weighted by atomic mass is 16.1. The molecule has 0 bridgehead atoms. The lowest BCUT2D eigenvalue weighted by Gasteiger charge is -2.14. The van der Waals surface area contributed by atoms with Crippen molar-refractivity contribution in [3.63, 3.8) is 0 Å². The summed E-state index contributed by atoms with van der Waals surface area (Å²) in [6.07, 6.45) is 0. The Hall–Kier alpha value is -9.25. The predicted octanol–water partition coefficient (Wildman–Crippen LogP) is 16.5. The van der Waals surface area contributed by atoms with E-state index in [0.717, 1.165) is 77.1 Å². The zero-order valence-electron chi connectivity index (χ0n) is 37.3. The predicted molar refractivity (Wildman–Crippen MR) is 290 cm³/mol. The number of fused-ring (bicyclic) bond motifs is 13. The maximum absolute atomic E-state index is 14.5. The second kappa shape index (κ2) is 14.4. The van der Waals surface area contributed by atoms with E-state index < -0.39 is 0 Å². The molecule has 0 saturated heterocycles. The highest BCUT2D eigenvalue weighted by Gasteiger charge is 2.23. The van der Waals surface area contributed by atoms with Gasteiger partial charge in [0.05, 0.1) is 33.1 Å². The first kappa shape index (κ1) is 37.9. The number of nitrogens with zero attached hydrogens (tertiary/aromatic N) is 3. The molecule has 0 aliphatic heterocycles. The van der Waals surface area contributed by atoms with Crippen LogP contribution >= 0.6 is 0 Å². The van der Waals surface area contributed by atoms with Crippen molar-refractivity contribution >= 4 is 92.3 Å². The van der Waals surface area contributed by atoms with Crippen LogP contribution in [0.5, 0.6) is 0 Å². The standard InChI is InChI=1S/C65H39N3O/c69-65-52-30-27-42(40-15-4-1-5-16-40)36-54(52)57-39-45(38-56-50-22-10-12-25-58(50)68(65)63(56)57)48-24-14-19-44-35-47(29-31-49(44)48)67-60-33-28-43(41-17-6-2-7-18-41)37-55(60)51-32-34-61-62(64(51)67)53-23-11-13-26-59(53)66(61)46-20-8-3-9-21-46/h1-39H. The van der Waals surface area contributed by atoms with E-state index in [1.54, 1.807) is 0 Å². The van der Waals surface area contributed by atoms with Gasteiger partial charge in [-0.25, -0.2) is 0 Å². The average Bonchev–Trinajstić information content (AvgIpc) is 4.06. The minimum Gasteiger partial charge on any atom is -0.309 e. The van der Waals surface area contributed by atoms with Gasteiger partial charge < -0.3 is 9.13 Å². The summed E-state index contributed by atoms with van der Waals surface area (Å²) < 4.78 is 6.85. The van der Waals surface area contributed by atoms with Crippen molar-refractivity contribution in [2.24, 2.45) is 0 Å². The Bertz CT molecular complexity index is 4660. The lowest BCUT2D eigenvalue weighted by Crippen LogP contribution is -2.12. The molecule has 69 heavy (non-hydrogen) atoms. The summed E-state index contributed by atoms with van der Waals surface area (Å²) in [5.41, 5.74) is 15.7. The molecule has 15 rings (SSSR count). The fourth-order valence-electron chi connectivity index (χ4n) is 11.7. The third kappa shape index (κ3) is 5.43. The highest BCUT2D eigenvalue weighted by molar-refractivity contribution is 6.27. The van der Waals surface area contributed by atoms with E-state index in [2.05, 4.69) is 228 Å². The second-order valence-electron chi connectivity index (χ2n) is 18.4. The monoisotopic (exact) mass is 877 g/mol. The van der Waals surface area contributed by atoms with Gasteiger partial charge in [0.25, 0.3) is 5.56 Å². The number of pyridine rings is 1. The van der Waals surface area contributed by atoms with E-state index in [-0.39, 0.29) is 5.56 Å². The number of para-hydroxylation sites is 3. The first-order valence-corrected chi connectivity index (χ1v) is 23.6. The zero-order valence-corrected chi connectivity index (χ0v) is 37.3. The van der Waals surface area contributed by atoms with Crippen LogP contribution < -0.4 is 5.56 Å². The Kier molecular flexibility index (Phi) is 7.90. The van der Waals surface area contributed by atoms with Gasteiger partial charge in [0, 0.05) is 54.5 Å².